The maximum Gasteiger partial charge on any atom is 0.337 e. The number of ether oxygens (including phenoxy) is 2. The monoisotopic (exact) mass is 439 g/mol. The molecule has 1 fully saturated rings. The van der Waals surface area contributed by atoms with E-state index in [1.807, 2.05) is 30.3 Å². The van der Waals surface area contributed by atoms with Crippen LogP contribution >= 0.6 is 0 Å². The quantitative estimate of drug-likeness (QED) is 0.695. The second kappa shape index (κ2) is 10.0. The van der Waals surface area contributed by atoms with Gasteiger partial charge in [-0.25, -0.2) is 4.79 Å². The SMILES string of the molecule is COC(=O)c1ccc(N2CCN(C)CC2)c(NC(=O)COc2ccc(C(C)(C)C)cc2)c1. The lowest BCUT2D eigenvalue weighted by molar-refractivity contribution is -0.118. The number of amides is 1. The number of carbonyl (C=O) groups is 2. The van der Waals surface area contributed by atoms with Gasteiger partial charge in [0.2, 0.25) is 0 Å². The van der Waals surface area contributed by atoms with E-state index in [9.17, 15) is 9.59 Å². The van der Waals surface area contributed by atoms with Crippen molar-refractivity contribution in [2.75, 3.05) is 57.2 Å². The van der Waals surface area contributed by atoms with Crippen LogP contribution in [-0.4, -0.2) is 63.7 Å². The Labute approximate surface area is 190 Å². The second-order valence-corrected chi connectivity index (χ2v) is 9.13. The Balaban J connectivity index is 1.71. The van der Waals surface area contributed by atoms with Crippen molar-refractivity contribution < 1.29 is 19.1 Å². The normalized spacial score (nSPS) is 14.7. The number of esters is 1. The number of rotatable bonds is 6. The molecule has 0 aliphatic carbocycles. The number of benzene rings is 2. The van der Waals surface area contributed by atoms with Crippen LogP contribution in [0.15, 0.2) is 42.5 Å². The zero-order valence-electron chi connectivity index (χ0n) is 19.6. The number of carbonyl (C=O) groups excluding carboxylic acids is 2. The molecule has 2 aromatic carbocycles. The van der Waals surface area contributed by atoms with Gasteiger partial charge in [-0.15, -0.1) is 0 Å². The molecule has 7 heteroatoms. The number of piperazine rings is 1. The Morgan fingerprint density at radius 3 is 2.25 bits per heavy atom. The average Bonchev–Trinajstić information content (AvgIpc) is 2.77. The van der Waals surface area contributed by atoms with E-state index in [0.717, 1.165) is 31.9 Å². The van der Waals surface area contributed by atoms with Crippen molar-refractivity contribution in [3.8, 4) is 5.75 Å². The molecule has 0 aromatic heterocycles. The third kappa shape index (κ3) is 6.01. The highest BCUT2D eigenvalue weighted by atomic mass is 16.5. The predicted molar refractivity (Wildman–Crippen MR) is 127 cm³/mol. The lowest BCUT2D eigenvalue weighted by Crippen LogP contribution is -2.44. The van der Waals surface area contributed by atoms with Crippen LogP contribution in [0.5, 0.6) is 5.75 Å². The fourth-order valence-electron chi connectivity index (χ4n) is 3.59. The number of nitrogens with zero attached hydrogens (tertiary/aromatic N) is 2. The van der Waals surface area contributed by atoms with E-state index in [2.05, 4.69) is 42.9 Å². The molecule has 1 N–H and O–H groups in total. The van der Waals surface area contributed by atoms with E-state index in [1.54, 1.807) is 12.1 Å². The summed E-state index contributed by atoms with van der Waals surface area (Å²) in [5.74, 6) is -0.0985. The summed E-state index contributed by atoms with van der Waals surface area (Å²) in [6.45, 7) is 9.87. The van der Waals surface area contributed by atoms with Crippen molar-refractivity contribution in [2.24, 2.45) is 0 Å². The molecule has 1 aliphatic heterocycles. The molecule has 0 bridgehead atoms. The fraction of sp³-hybridized carbons (Fsp3) is 0.440. The summed E-state index contributed by atoms with van der Waals surface area (Å²) in [6, 6.07) is 13.0. The minimum atomic E-state index is -0.444. The van der Waals surface area contributed by atoms with Gasteiger partial charge in [0.1, 0.15) is 5.75 Å². The Hall–Kier alpha value is -3.06. The molecule has 0 unspecified atom stereocenters. The number of anilines is 2. The Morgan fingerprint density at radius 2 is 1.66 bits per heavy atom. The molecule has 0 radical (unpaired) electrons. The zero-order chi connectivity index (χ0) is 23.3. The van der Waals surface area contributed by atoms with E-state index >= 15 is 0 Å². The molecule has 1 heterocycles. The summed E-state index contributed by atoms with van der Waals surface area (Å²) in [5.41, 5.74) is 3.10. The van der Waals surface area contributed by atoms with Crippen molar-refractivity contribution in [1.82, 2.24) is 4.90 Å². The lowest BCUT2D eigenvalue weighted by Gasteiger charge is -2.35. The highest BCUT2D eigenvalue weighted by Gasteiger charge is 2.20. The standard InChI is InChI=1S/C25H33N3O4/c1-25(2,3)19-7-9-20(10-8-19)32-17-23(29)26-21-16-18(24(30)31-5)6-11-22(21)28-14-12-27(4)13-15-28/h6-11,16H,12-15,17H2,1-5H3,(H,26,29). The molecule has 1 amide bonds. The molecule has 32 heavy (non-hydrogen) atoms. The lowest BCUT2D eigenvalue weighted by atomic mass is 9.87. The van der Waals surface area contributed by atoms with Crippen LogP contribution in [0, 0.1) is 0 Å². The molecule has 3 rings (SSSR count). The Morgan fingerprint density at radius 1 is 1.00 bits per heavy atom. The topological polar surface area (TPSA) is 71.1 Å². The maximum atomic E-state index is 12.7. The maximum absolute atomic E-state index is 12.7. The third-order valence-corrected chi connectivity index (χ3v) is 5.63. The molecular formula is C25H33N3O4. The molecule has 1 saturated heterocycles. The molecule has 172 valence electrons. The summed E-state index contributed by atoms with van der Waals surface area (Å²) in [6.07, 6.45) is 0. The summed E-state index contributed by atoms with van der Waals surface area (Å²) < 4.78 is 10.5. The Kier molecular flexibility index (Phi) is 7.40. The number of hydrogen-bond acceptors (Lipinski definition) is 6. The van der Waals surface area contributed by atoms with Gasteiger partial charge >= 0.3 is 5.97 Å². The average molecular weight is 440 g/mol. The second-order valence-electron chi connectivity index (χ2n) is 9.13. The first kappa shape index (κ1) is 23.6. The van der Waals surface area contributed by atoms with Crippen LogP contribution in [0.25, 0.3) is 0 Å². The molecule has 0 saturated carbocycles. The minimum absolute atomic E-state index is 0.0558. The van der Waals surface area contributed by atoms with Gasteiger partial charge < -0.3 is 24.6 Å². The van der Waals surface area contributed by atoms with Crippen molar-refractivity contribution in [1.29, 1.82) is 0 Å². The van der Waals surface area contributed by atoms with Gasteiger partial charge in [0.25, 0.3) is 5.91 Å². The first-order valence-corrected chi connectivity index (χ1v) is 10.9. The van der Waals surface area contributed by atoms with Crippen LogP contribution in [0.2, 0.25) is 0 Å². The van der Waals surface area contributed by atoms with E-state index in [-0.39, 0.29) is 17.9 Å². The van der Waals surface area contributed by atoms with Crippen LogP contribution in [0.3, 0.4) is 0 Å². The van der Waals surface area contributed by atoms with Crippen LogP contribution in [-0.2, 0) is 14.9 Å². The molecule has 1 aliphatic rings. The van der Waals surface area contributed by atoms with E-state index in [0.29, 0.717) is 17.0 Å². The van der Waals surface area contributed by atoms with Crippen molar-refractivity contribution in [2.45, 2.75) is 26.2 Å². The largest absolute Gasteiger partial charge is 0.484 e. The van der Waals surface area contributed by atoms with Crippen LogP contribution in [0.1, 0.15) is 36.7 Å². The summed E-state index contributed by atoms with van der Waals surface area (Å²) in [5, 5.41) is 2.92. The van der Waals surface area contributed by atoms with Gasteiger partial charge in [-0.1, -0.05) is 32.9 Å². The van der Waals surface area contributed by atoms with Crippen LogP contribution < -0.4 is 15.0 Å². The first-order valence-electron chi connectivity index (χ1n) is 10.9. The zero-order valence-corrected chi connectivity index (χ0v) is 19.6. The minimum Gasteiger partial charge on any atom is -0.484 e. The van der Waals surface area contributed by atoms with Crippen molar-refractivity contribution >= 4 is 23.3 Å². The number of nitrogens with one attached hydrogen (secondary N) is 1. The van der Waals surface area contributed by atoms with E-state index < -0.39 is 5.97 Å². The number of hydrogen-bond donors (Lipinski definition) is 1. The van der Waals surface area contributed by atoms with Crippen LogP contribution in [0.4, 0.5) is 11.4 Å². The predicted octanol–water partition coefficient (Wildman–Crippen LogP) is 3.54. The van der Waals surface area contributed by atoms with Gasteiger partial charge in [0.15, 0.2) is 6.61 Å². The van der Waals surface area contributed by atoms with E-state index in [4.69, 9.17) is 9.47 Å². The Bertz CT molecular complexity index is 943. The fourth-order valence-corrected chi connectivity index (χ4v) is 3.59. The van der Waals surface area contributed by atoms with Gasteiger partial charge in [-0.3, -0.25) is 4.79 Å². The number of methoxy groups -OCH3 is 1. The molecule has 0 atom stereocenters. The molecule has 7 nitrogen and oxygen atoms in total. The van der Waals surface area contributed by atoms with Crippen molar-refractivity contribution in [3.63, 3.8) is 0 Å². The third-order valence-electron chi connectivity index (χ3n) is 5.63. The highest BCUT2D eigenvalue weighted by Crippen LogP contribution is 2.29. The van der Waals surface area contributed by atoms with Crippen molar-refractivity contribution in [3.05, 3.63) is 53.6 Å². The van der Waals surface area contributed by atoms with Gasteiger partial charge in [-0.05, 0) is 48.4 Å². The smallest absolute Gasteiger partial charge is 0.337 e. The van der Waals surface area contributed by atoms with Gasteiger partial charge in [0, 0.05) is 26.2 Å². The van der Waals surface area contributed by atoms with Gasteiger partial charge in [-0.2, -0.15) is 0 Å². The molecular weight excluding hydrogens is 406 g/mol. The summed E-state index contributed by atoms with van der Waals surface area (Å²) in [7, 11) is 3.43. The molecule has 2 aromatic rings. The summed E-state index contributed by atoms with van der Waals surface area (Å²) >= 11 is 0. The summed E-state index contributed by atoms with van der Waals surface area (Å²) in [4.78, 5) is 29.2. The number of likely N-dealkylation sites (N-methyl/N-ethyl adjacent to an activating group) is 1. The highest BCUT2D eigenvalue weighted by molar-refractivity contribution is 5.98. The van der Waals surface area contributed by atoms with Gasteiger partial charge in [0.05, 0.1) is 24.0 Å². The molecule has 0 spiro atoms. The van der Waals surface area contributed by atoms with E-state index in [1.165, 1.54) is 12.7 Å². The first-order chi connectivity index (χ1) is 15.2.